The van der Waals surface area contributed by atoms with Crippen molar-refractivity contribution in [2.24, 2.45) is 4.99 Å². The SMILES string of the molecule is CCNC(=NCc1ccc(OC)cc1)NCc1nccn1C(F)F. The molecule has 0 saturated carbocycles. The number of nitrogens with zero attached hydrogens (tertiary/aromatic N) is 3. The largest absolute Gasteiger partial charge is 0.497 e. The van der Waals surface area contributed by atoms with E-state index in [9.17, 15) is 8.78 Å². The molecule has 0 amide bonds. The van der Waals surface area contributed by atoms with Gasteiger partial charge in [0.2, 0.25) is 0 Å². The zero-order valence-electron chi connectivity index (χ0n) is 13.7. The molecule has 2 N–H and O–H groups in total. The summed E-state index contributed by atoms with van der Waals surface area (Å²) in [4.78, 5) is 8.37. The van der Waals surface area contributed by atoms with Gasteiger partial charge in [0.05, 0.1) is 20.2 Å². The van der Waals surface area contributed by atoms with Crippen LogP contribution < -0.4 is 15.4 Å². The fourth-order valence-electron chi connectivity index (χ4n) is 2.06. The Balaban J connectivity index is 1.98. The molecule has 1 aromatic carbocycles. The lowest BCUT2D eigenvalue weighted by atomic mass is 10.2. The van der Waals surface area contributed by atoms with Crippen LogP contribution in [0.25, 0.3) is 0 Å². The molecule has 0 atom stereocenters. The number of halogens is 2. The van der Waals surface area contributed by atoms with Crippen molar-refractivity contribution >= 4 is 5.96 Å². The van der Waals surface area contributed by atoms with Gasteiger partial charge in [0.1, 0.15) is 11.6 Å². The van der Waals surface area contributed by atoms with E-state index in [1.807, 2.05) is 31.2 Å². The molecular formula is C16H21F2N5O. The normalized spacial score (nSPS) is 11.6. The summed E-state index contributed by atoms with van der Waals surface area (Å²) in [5.41, 5.74) is 1.02. The number of methoxy groups -OCH3 is 1. The zero-order chi connectivity index (χ0) is 17.4. The monoisotopic (exact) mass is 337 g/mol. The average Bonchev–Trinajstić information content (AvgIpc) is 3.06. The second-order valence-corrected chi connectivity index (χ2v) is 4.93. The fraction of sp³-hybridized carbons (Fsp3) is 0.375. The number of imidazole rings is 1. The van der Waals surface area contributed by atoms with Crippen LogP contribution in [0.3, 0.4) is 0 Å². The Kier molecular flexibility index (Phi) is 6.53. The van der Waals surface area contributed by atoms with Crippen LogP contribution in [0, 0.1) is 0 Å². The predicted molar refractivity (Wildman–Crippen MR) is 88.1 cm³/mol. The summed E-state index contributed by atoms with van der Waals surface area (Å²) < 4.78 is 31.5. The van der Waals surface area contributed by atoms with Gasteiger partial charge in [-0.2, -0.15) is 8.78 Å². The molecule has 0 aliphatic heterocycles. The third-order valence-corrected chi connectivity index (χ3v) is 3.30. The molecule has 0 aliphatic rings. The van der Waals surface area contributed by atoms with E-state index >= 15 is 0 Å². The van der Waals surface area contributed by atoms with Gasteiger partial charge in [0.15, 0.2) is 5.96 Å². The average molecular weight is 337 g/mol. The topological polar surface area (TPSA) is 63.5 Å². The third-order valence-electron chi connectivity index (χ3n) is 3.30. The summed E-state index contributed by atoms with van der Waals surface area (Å²) in [6.45, 7) is 0.611. The molecule has 0 aliphatic carbocycles. The van der Waals surface area contributed by atoms with Crippen molar-refractivity contribution in [3.05, 3.63) is 48.0 Å². The number of hydrogen-bond acceptors (Lipinski definition) is 3. The van der Waals surface area contributed by atoms with Crippen molar-refractivity contribution < 1.29 is 13.5 Å². The molecule has 6 nitrogen and oxygen atoms in total. The molecule has 1 aromatic heterocycles. The maximum absolute atomic E-state index is 12.8. The minimum atomic E-state index is -2.61. The Morgan fingerprint density at radius 2 is 2.04 bits per heavy atom. The van der Waals surface area contributed by atoms with Gasteiger partial charge in [-0.3, -0.25) is 4.57 Å². The number of rotatable bonds is 7. The van der Waals surface area contributed by atoms with Crippen molar-refractivity contribution in [2.75, 3.05) is 13.7 Å². The molecule has 24 heavy (non-hydrogen) atoms. The Labute approximate surface area is 139 Å². The molecule has 130 valence electrons. The standard InChI is InChI=1S/C16H21F2N5O/c1-3-19-16(21-10-12-4-6-13(24-2)7-5-12)22-11-14-20-8-9-23(14)15(17)18/h4-9,15H,3,10-11H2,1-2H3,(H2,19,21,22). The first-order chi connectivity index (χ1) is 11.6. The lowest BCUT2D eigenvalue weighted by molar-refractivity contribution is 0.0668. The molecule has 0 spiro atoms. The molecular weight excluding hydrogens is 316 g/mol. The van der Waals surface area contributed by atoms with Crippen LogP contribution in [0.15, 0.2) is 41.7 Å². The maximum atomic E-state index is 12.8. The number of ether oxygens (including phenoxy) is 1. The molecule has 0 bridgehead atoms. The van der Waals surface area contributed by atoms with Crippen LogP contribution in [0.4, 0.5) is 8.78 Å². The Morgan fingerprint density at radius 3 is 2.67 bits per heavy atom. The van der Waals surface area contributed by atoms with Crippen LogP contribution in [-0.2, 0) is 13.1 Å². The third kappa shape index (κ3) is 4.94. The molecule has 8 heteroatoms. The number of aliphatic imine (C=N–C) groups is 1. The summed E-state index contributed by atoms with van der Waals surface area (Å²) in [7, 11) is 1.61. The molecule has 0 unspecified atom stereocenters. The van der Waals surface area contributed by atoms with Gasteiger partial charge in [-0.15, -0.1) is 0 Å². The van der Waals surface area contributed by atoms with Crippen molar-refractivity contribution in [1.29, 1.82) is 0 Å². The van der Waals surface area contributed by atoms with E-state index in [-0.39, 0.29) is 12.4 Å². The maximum Gasteiger partial charge on any atom is 0.319 e. The highest BCUT2D eigenvalue weighted by Crippen LogP contribution is 2.13. The van der Waals surface area contributed by atoms with Crippen molar-refractivity contribution in [1.82, 2.24) is 20.2 Å². The number of aromatic nitrogens is 2. The Hall–Kier alpha value is -2.64. The lowest BCUT2D eigenvalue weighted by Gasteiger charge is -2.12. The van der Waals surface area contributed by atoms with Gasteiger partial charge in [-0.1, -0.05) is 12.1 Å². The zero-order valence-corrected chi connectivity index (χ0v) is 13.7. The van der Waals surface area contributed by atoms with E-state index in [0.717, 1.165) is 15.9 Å². The summed E-state index contributed by atoms with van der Waals surface area (Å²) in [5, 5.41) is 6.08. The van der Waals surface area contributed by atoms with Gasteiger partial charge in [0, 0.05) is 18.9 Å². The minimum absolute atomic E-state index is 0.159. The van der Waals surface area contributed by atoms with Crippen LogP contribution in [0.1, 0.15) is 24.9 Å². The van der Waals surface area contributed by atoms with Crippen molar-refractivity contribution in [3.63, 3.8) is 0 Å². The van der Waals surface area contributed by atoms with Gasteiger partial charge in [-0.25, -0.2) is 9.98 Å². The smallest absolute Gasteiger partial charge is 0.319 e. The molecule has 2 rings (SSSR count). The van der Waals surface area contributed by atoms with Crippen LogP contribution in [0.5, 0.6) is 5.75 Å². The summed E-state index contributed by atoms with van der Waals surface area (Å²) in [6.07, 6.45) is 2.60. The lowest BCUT2D eigenvalue weighted by Crippen LogP contribution is -2.37. The van der Waals surface area contributed by atoms with Crippen LogP contribution in [-0.4, -0.2) is 29.2 Å². The van der Waals surface area contributed by atoms with E-state index in [0.29, 0.717) is 19.0 Å². The molecule has 0 fully saturated rings. The highest BCUT2D eigenvalue weighted by Gasteiger charge is 2.11. The number of hydrogen-bond donors (Lipinski definition) is 2. The van der Waals surface area contributed by atoms with E-state index in [1.165, 1.54) is 12.4 Å². The van der Waals surface area contributed by atoms with Crippen molar-refractivity contribution in [3.8, 4) is 5.75 Å². The first-order valence-corrected chi connectivity index (χ1v) is 7.59. The van der Waals surface area contributed by atoms with Gasteiger partial charge >= 0.3 is 6.55 Å². The number of benzene rings is 1. The Bertz CT molecular complexity index is 655. The highest BCUT2D eigenvalue weighted by molar-refractivity contribution is 5.79. The molecule has 0 saturated heterocycles. The van der Waals surface area contributed by atoms with Crippen molar-refractivity contribution in [2.45, 2.75) is 26.6 Å². The van der Waals surface area contributed by atoms with Gasteiger partial charge < -0.3 is 15.4 Å². The first kappa shape index (κ1) is 17.7. The summed E-state index contributed by atoms with van der Waals surface area (Å²) in [5.74, 6) is 1.57. The highest BCUT2D eigenvalue weighted by atomic mass is 19.3. The summed E-state index contributed by atoms with van der Waals surface area (Å²) in [6, 6.07) is 7.58. The van der Waals surface area contributed by atoms with E-state index < -0.39 is 6.55 Å². The molecule has 1 heterocycles. The quantitative estimate of drug-likeness (QED) is 0.602. The van der Waals surface area contributed by atoms with Crippen LogP contribution in [0.2, 0.25) is 0 Å². The Morgan fingerprint density at radius 1 is 1.29 bits per heavy atom. The minimum Gasteiger partial charge on any atom is -0.497 e. The van der Waals surface area contributed by atoms with E-state index in [4.69, 9.17) is 4.74 Å². The van der Waals surface area contributed by atoms with Crippen LogP contribution >= 0.6 is 0 Å². The number of guanidine groups is 1. The summed E-state index contributed by atoms with van der Waals surface area (Å²) >= 11 is 0. The molecule has 0 radical (unpaired) electrons. The van der Waals surface area contributed by atoms with Gasteiger partial charge in [-0.05, 0) is 24.6 Å². The fourth-order valence-corrected chi connectivity index (χ4v) is 2.06. The predicted octanol–water partition coefficient (Wildman–Crippen LogP) is 2.54. The first-order valence-electron chi connectivity index (χ1n) is 7.59. The van der Waals surface area contributed by atoms with E-state index in [1.54, 1.807) is 7.11 Å². The molecule has 2 aromatic rings. The number of alkyl halides is 2. The van der Waals surface area contributed by atoms with Gasteiger partial charge in [0.25, 0.3) is 0 Å². The van der Waals surface area contributed by atoms with E-state index in [2.05, 4.69) is 20.6 Å². The second kappa shape index (κ2) is 8.85. The second-order valence-electron chi connectivity index (χ2n) is 4.93. The number of nitrogens with one attached hydrogen (secondary N) is 2.